The molecule has 0 saturated carbocycles. The van der Waals surface area contributed by atoms with Crippen LogP contribution in [0.15, 0.2) is 77.6 Å². The summed E-state index contributed by atoms with van der Waals surface area (Å²) >= 11 is 6.25. The van der Waals surface area contributed by atoms with Crippen molar-refractivity contribution in [3.63, 3.8) is 0 Å². The van der Waals surface area contributed by atoms with E-state index in [0.29, 0.717) is 39.5 Å². The summed E-state index contributed by atoms with van der Waals surface area (Å²) in [5.74, 6) is -1.23. The van der Waals surface area contributed by atoms with Gasteiger partial charge in [-0.1, -0.05) is 61.8 Å². The van der Waals surface area contributed by atoms with Crippen molar-refractivity contribution in [2.24, 2.45) is 17.8 Å². The number of benzene rings is 3. The van der Waals surface area contributed by atoms with Crippen molar-refractivity contribution in [1.29, 1.82) is 0 Å². The molecule has 38 heavy (non-hydrogen) atoms. The lowest BCUT2D eigenvalue weighted by Crippen LogP contribution is -2.50. The van der Waals surface area contributed by atoms with Crippen molar-refractivity contribution in [2.45, 2.75) is 31.8 Å². The van der Waals surface area contributed by atoms with Crippen LogP contribution in [0.2, 0.25) is 5.02 Å². The van der Waals surface area contributed by atoms with E-state index in [-0.39, 0.29) is 29.3 Å². The van der Waals surface area contributed by atoms with Gasteiger partial charge in [-0.3, -0.25) is 24.3 Å². The molecule has 0 unspecified atom stereocenters. The van der Waals surface area contributed by atoms with Gasteiger partial charge in [0.2, 0.25) is 11.8 Å². The second-order valence-corrected chi connectivity index (χ2v) is 11.2. The van der Waals surface area contributed by atoms with Crippen LogP contribution in [0.1, 0.15) is 31.7 Å². The highest BCUT2D eigenvalue weighted by molar-refractivity contribution is 6.31. The lowest BCUT2D eigenvalue weighted by atomic mass is 9.75. The molecule has 1 N–H and O–H groups in total. The number of halogens is 1. The number of aromatic nitrogens is 2. The molecular formula is C30H25ClN4O3. The average Bonchev–Trinajstić information content (AvgIpc) is 3.47. The van der Waals surface area contributed by atoms with Crippen molar-refractivity contribution in [3.05, 3.63) is 99.6 Å². The molecule has 0 aliphatic carbocycles. The highest BCUT2D eigenvalue weighted by Gasteiger charge is 2.69. The van der Waals surface area contributed by atoms with Crippen molar-refractivity contribution in [3.8, 4) is 5.69 Å². The molecule has 4 atom stereocenters. The topological polar surface area (TPSA) is 84.3 Å². The summed E-state index contributed by atoms with van der Waals surface area (Å²) in [4.78, 5) is 48.6. The predicted molar refractivity (Wildman–Crippen MR) is 145 cm³/mol. The number of amides is 2. The Balaban J connectivity index is 1.52. The molecule has 7 rings (SSSR count). The zero-order chi connectivity index (χ0) is 26.3. The van der Waals surface area contributed by atoms with Gasteiger partial charge >= 0.3 is 0 Å². The highest BCUT2D eigenvalue weighted by atomic mass is 35.5. The summed E-state index contributed by atoms with van der Waals surface area (Å²) in [7, 11) is 0. The van der Waals surface area contributed by atoms with Gasteiger partial charge in [0.15, 0.2) is 0 Å². The zero-order valence-electron chi connectivity index (χ0n) is 20.9. The maximum absolute atomic E-state index is 14.4. The summed E-state index contributed by atoms with van der Waals surface area (Å²) in [5, 5.41) is 4.68. The van der Waals surface area contributed by atoms with Gasteiger partial charge in [0, 0.05) is 16.6 Å². The smallest absolute Gasteiger partial charge is 0.266 e. The van der Waals surface area contributed by atoms with Gasteiger partial charge in [0.25, 0.3) is 5.56 Å². The second-order valence-electron chi connectivity index (χ2n) is 10.8. The Morgan fingerprint density at radius 3 is 2.53 bits per heavy atom. The number of hydrogen-bond acceptors (Lipinski definition) is 5. The fourth-order valence-corrected chi connectivity index (χ4v) is 6.98. The number of para-hydroxylation sites is 2. The van der Waals surface area contributed by atoms with Gasteiger partial charge in [-0.15, -0.1) is 0 Å². The standard InChI is InChI=1S/C30H25ClN4O3/c1-16(2)14-22-24-25(28(38)34(27(24)37)18-9-7-8-17(31)15-18)30(33-22)20-11-4-6-13-23(20)35-26(36)19-10-3-5-12-21(19)32-29(30)35/h3-13,15-16,22,24-25,33H,14H2,1-2H3/t22-,24-,25+,30-/m0/s1. The maximum atomic E-state index is 14.4. The van der Waals surface area contributed by atoms with Crippen molar-refractivity contribution >= 4 is 40.0 Å². The van der Waals surface area contributed by atoms with E-state index in [2.05, 4.69) is 19.2 Å². The molecule has 2 saturated heterocycles. The molecular weight excluding hydrogens is 500 g/mol. The summed E-state index contributed by atoms with van der Waals surface area (Å²) in [6, 6.07) is 21.4. The largest absolute Gasteiger partial charge is 0.297 e. The summed E-state index contributed by atoms with van der Waals surface area (Å²) < 4.78 is 1.62. The van der Waals surface area contributed by atoms with Gasteiger partial charge in [-0.25, -0.2) is 9.88 Å². The monoisotopic (exact) mass is 524 g/mol. The third-order valence-electron chi connectivity index (χ3n) is 8.15. The first-order valence-corrected chi connectivity index (χ1v) is 13.2. The molecule has 3 aliphatic heterocycles. The fourth-order valence-electron chi connectivity index (χ4n) is 6.80. The van der Waals surface area contributed by atoms with E-state index < -0.39 is 17.4 Å². The minimum Gasteiger partial charge on any atom is -0.297 e. The van der Waals surface area contributed by atoms with E-state index in [1.165, 1.54) is 4.90 Å². The first-order valence-electron chi connectivity index (χ1n) is 12.9. The lowest BCUT2D eigenvalue weighted by molar-refractivity contribution is -0.123. The number of carbonyl (C=O) groups is 2. The molecule has 0 bridgehead atoms. The Kier molecular flexibility index (Phi) is 4.97. The summed E-state index contributed by atoms with van der Waals surface area (Å²) in [6.07, 6.45) is 0.686. The van der Waals surface area contributed by atoms with Gasteiger partial charge in [-0.2, -0.15) is 0 Å². The van der Waals surface area contributed by atoms with Crippen LogP contribution in [0, 0.1) is 17.8 Å². The molecule has 3 aromatic carbocycles. The maximum Gasteiger partial charge on any atom is 0.266 e. The minimum atomic E-state index is -1.13. The van der Waals surface area contributed by atoms with E-state index in [1.807, 2.05) is 42.5 Å². The SMILES string of the molecule is CC(C)C[C@@H]1N[C@@]2(c3ccccc3-n3c2nc2ccccc2c3=O)[C@H]2C(=O)N(c3cccc(Cl)c3)C(=O)[C@@H]12. The van der Waals surface area contributed by atoms with Crippen molar-refractivity contribution in [2.75, 3.05) is 4.90 Å². The number of fused-ring (bicyclic) bond motifs is 8. The van der Waals surface area contributed by atoms with Crippen LogP contribution in [0.4, 0.5) is 5.69 Å². The first kappa shape index (κ1) is 23.3. The van der Waals surface area contributed by atoms with Crippen LogP contribution in [-0.2, 0) is 15.1 Å². The molecule has 4 heterocycles. The molecule has 7 nitrogen and oxygen atoms in total. The predicted octanol–water partition coefficient (Wildman–Crippen LogP) is 4.42. The van der Waals surface area contributed by atoms with Crippen LogP contribution in [0.3, 0.4) is 0 Å². The average molecular weight is 525 g/mol. The van der Waals surface area contributed by atoms with Crippen LogP contribution in [0.5, 0.6) is 0 Å². The number of hydrogen-bond donors (Lipinski definition) is 1. The second kappa shape index (κ2) is 8.09. The minimum absolute atomic E-state index is 0.191. The first-order chi connectivity index (χ1) is 18.3. The molecule has 2 fully saturated rings. The molecule has 4 aromatic rings. The van der Waals surface area contributed by atoms with Crippen LogP contribution >= 0.6 is 11.6 Å². The summed E-state index contributed by atoms with van der Waals surface area (Å²) in [6.45, 7) is 4.20. The van der Waals surface area contributed by atoms with Crippen LogP contribution in [0.25, 0.3) is 16.6 Å². The van der Waals surface area contributed by atoms with Gasteiger partial charge in [-0.05, 0) is 48.7 Å². The third kappa shape index (κ3) is 2.94. The number of anilines is 1. The third-order valence-corrected chi connectivity index (χ3v) is 8.39. The molecule has 0 radical (unpaired) electrons. The van der Waals surface area contributed by atoms with Crippen molar-refractivity contribution in [1.82, 2.24) is 14.9 Å². The van der Waals surface area contributed by atoms with E-state index in [4.69, 9.17) is 16.6 Å². The zero-order valence-corrected chi connectivity index (χ0v) is 21.6. The van der Waals surface area contributed by atoms with Gasteiger partial charge < -0.3 is 0 Å². The van der Waals surface area contributed by atoms with Gasteiger partial charge in [0.1, 0.15) is 11.4 Å². The van der Waals surface area contributed by atoms with Crippen LogP contribution in [-0.4, -0.2) is 27.4 Å². The Bertz CT molecular complexity index is 1730. The summed E-state index contributed by atoms with van der Waals surface area (Å²) in [5.41, 5.74) is 1.16. The van der Waals surface area contributed by atoms with E-state index in [9.17, 15) is 14.4 Å². The molecule has 8 heteroatoms. The normalized spacial score (nSPS) is 25.5. The Morgan fingerprint density at radius 2 is 1.74 bits per heavy atom. The quantitative estimate of drug-likeness (QED) is 0.401. The van der Waals surface area contributed by atoms with Crippen molar-refractivity contribution < 1.29 is 9.59 Å². The van der Waals surface area contributed by atoms with Crippen LogP contribution < -0.4 is 15.8 Å². The van der Waals surface area contributed by atoms with E-state index in [0.717, 1.165) is 5.56 Å². The molecule has 2 amide bonds. The highest BCUT2D eigenvalue weighted by Crippen LogP contribution is 2.56. The molecule has 1 aromatic heterocycles. The Hall–Kier alpha value is -3.81. The number of nitrogens with one attached hydrogen (secondary N) is 1. The Labute approximate surface area is 224 Å². The number of rotatable bonds is 3. The molecule has 3 aliphatic rings. The Morgan fingerprint density at radius 1 is 0.974 bits per heavy atom. The van der Waals surface area contributed by atoms with Gasteiger partial charge in [0.05, 0.1) is 34.1 Å². The molecule has 190 valence electrons. The number of imide groups is 1. The fraction of sp³-hybridized carbons (Fsp3) is 0.267. The van der Waals surface area contributed by atoms with E-state index >= 15 is 0 Å². The number of carbonyl (C=O) groups excluding carboxylic acids is 2. The molecule has 1 spiro atoms. The number of nitrogens with zero attached hydrogens (tertiary/aromatic N) is 3. The van der Waals surface area contributed by atoms with E-state index in [1.54, 1.807) is 34.9 Å². The lowest BCUT2D eigenvalue weighted by Gasteiger charge is -2.32.